The normalized spacial score (nSPS) is 13.9. The van der Waals surface area contributed by atoms with E-state index in [0.717, 1.165) is 10.0 Å². The Bertz CT molecular complexity index is 325. The number of halogens is 4. The SMILES string of the molecule is NC(CCc1ccccc1Br)C(F)(F)F. The van der Waals surface area contributed by atoms with Crippen LogP contribution in [0.25, 0.3) is 0 Å². The van der Waals surface area contributed by atoms with Gasteiger partial charge in [0.25, 0.3) is 0 Å². The molecule has 0 aliphatic heterocycles. The summed E-state index contributed by atoms with van der Waals surface area (Å²) in [5.74, 6) is 0. The van der Waals surface area contributed by atoms with Gasteiger partial charge in [0.1, 0.15) is 6.04 Å². The molecule has 1 rings (SSSR count). The van der Waals surface area contributed by atoms with Crippen LogP contribution in [0.5, 0.6) is 0 Å². The van der Waals surface area contributed by atoms with Crippen LogP contribution in [0.3, 0.4) is 0 Å². The number of aryl methyl sites for hydroxylation is 1. The Morgan fingerprint density at radius 3 is 2.40 bits per heavy atom. The summed E-state index contributed by atoms with van der Waals surface area (Å²) < 4.78 is 37.2. The molecule has 0 saturated heterocycles. The van der Waals surface area contributed by atoms with Crippen molar-refractivity contribution in [3.05, 3.63) is 34.3 Å². The van der Waals surface area contributed by atoms with Gasteiger partial charge in [-0.25, -0.2) is 0 Å². The lowest BCUT2D eigenvalue weighted by Gasteiger charge is -2.15. The first-order valence-electron chi connectivity index (χ1n) is 4.47. The monoisotopic (exact) mass is 281 g/mol. The quantitative estimate of drug-likeness (QED) is 0.904. The summed E-state index contributed by atoms with van der Waals surface area (Å²) in [5, 5.41) is 0. The van der Waals surface area contributed by atoms with Crippen LogP contribution in [0.4, 0.5) is 13.2 Å². The minimum Gasteiger partial charge on any atom is -0.320 e. The van der Waals surface area contributed by atoms with Crippen molar-refractivity contribution in [2.24, 2.45) is 5.73 Å². The molecule has 0 aromatic heterocycles. The highest BCUT2D eigenvalue weighted by Crippen LogP contribution is 2.24. The molecule has 0 radical (unpaired) electrons. The van der Waals surface area contributed by atoms with Crippen molar-refractivity contribution in [2.45, 2.75) is 25.1 Å². The van der Waals surface area contributed by atoms with Gasteiger partial charge in [0.15, 0.2) is 0 Å². The summed E-state index contributed by atoms with van der Waals surface area (Å²) in [7, 11) is 0. The Morgan fingerprint density at radius 1 is 1.27 bits per heavy atom. The minimum atomic E-state index is -4.30. The fraction of sp³-hybridized carbons (Fsp3) is 0.400. The third kappa shape index (κ3) is 3.83. The molecule has 1 nitrogen and oxygen atoms in total. The van der Waals surface area contributed by atoms with Gasteiger partial charge in [0, 0.05) is 4.47 Å². The van der Waals surface area contributed by atoms with E-state index in [2.05, 4.69) is 15.9 Å². The van der Waals surface area contributed by atoms with Gasteiger partial charge in [-0.3, -0.25) is 0 Å². The van der Waals surface area contributed by atoms with E-state index in [1.165, 1.54) is 0 Å². The summed E-state index contributed by atoms with van der Waals surface area (Å²) in [4.78, 5) is 0. The van der Waals surface area contributed by atoms with Crippen LogP contribution in [0.15, 0.2) is 28.7 Å². The van der Waals surface area contributed by atoms with E-state index in [1.54, 1.807) is 18.2 Å². The van der Waals surface area contributed by atoms with Crippen molar-refractivity contribution in [2.75, 3.05) is 0 Å². The first-order valence-corrected chi connectivity index (χ1v) is 5.26. The van der Waals surface area contributed by atoms with Gasteiger partial charge in [0.2, 0.25) is 0 Å². The molecule has 0 aliphatic carbocycles. The maximum atomic E-state index is 12.1. The molecule has 0 amide bonds. The number of benzene rings is 1. The number of alkyl halides is 3. The average Bonchev–Trinajstić information content (AvgIpc) is 2.14. The first-order chi connectivity index (χ1) is 6.91. The predicted octanol–water partition coefficient (Wildman–Crippen LogP) is 3.27. The van der Waals surface area contributed by atoms with E-state index in [1.807, 2.05) is 6.07 Å². The van der Waals surface area contributed by atoms with E-state index in [-0.39, 0.29) is 6.42 Å². The highest BCUT2D eigenvalue weighted by atomic mass is 79.9. The largest absolute Gasteiger partial charge is 0.403 e. The van der Waals surface area contributed by atoms with Crippen molar-refractivity contribution in [1.29, 1.82) is 0 Å². The molecule has 84 valence electrons. The van der Waals surface area contributed by atoms with Crippen molar-refractivity contribution >= 4 is 15.9 Å². The van der Waals surface area contributed by atoms with Gasteiger partial charge in [-0.2, -0.15) is 13.2 Å². The van der Waals surface area contributed by atoms with E-state index < -0.39 is 12.2 Å². The fourth-order valence-electron chi connectivity index (χ4n) is 1.18. The second-order valence-corrected chi connectivity index (χ2v) is 4.13. The van der Waals surface area contributed by atoms with Gasteiger partial charge < -0.3 is 5.73 Å². The van der Waals surface area contributed by atoms with Crippen molar-refractivity contribution in [1.82, 2.24) is 0 Å². The van der Waals surface area contributed by atoms with E-state index >= 15 is 0 Å². The molecule has 15 heavy (non-hydrogen) atoms. The zero-order valence-corrected chi connectivity index (χ0v) is 9.48. The van der Waals surface area contributed by atoms with Gasteiger partial charge in [0.05, 0.1) is 0 Å². The summed E-state index contributed by atoms with van der Waals surface area (Å²) in [6.45, 7) is 0. The zero-order chi connectivity index (χ0) is 11.5. The number of hydrogen-bond acceptors (Lipinski definition) is 1. The third-order valence-corrected chi connectivity index (χ3v) is 2.88. The molecule has 0 bridgehead atoms. The molecular formula is C10H11BrF3N. The topological polar surface area (TPSA) is 26.0 Å². The maximum absolute atomic E-state index is 12.1. The van der Waals surface area contributed by atoms with E-state index in [0.29, 0.717) is 6.42 Å². The van der Waals surface area contributed by atoms with Crippen LogP contribution in [-0.4, -0.2) is 12.2 Å². The Morgan fingerprint density at radius 2 is 1.87 bits per heavy atom. The van der Waals surface area contributed by atoms with Crippen LogP contribution in [-0.2, 0) is 6.42 Å². The zero-order valence-electron chi connectivity index (χ0n) is 7.89. The standard InChI is InChI=1S/C10H11BrF3N/c11-8-4-2-1-3-7(8)5-6-9(15)10(12,13)14/h1-4,9H,5-6,15H2. The first kappa shape index (κ1) is 12.5. The molecular weight excluding hydrogens is 271 g/mol. The molecule has 0 saturated carbocycles. The molecule has 2 N–H and O–H groups in total. The maximum Gasteiger partial charge on any atom is 0.403 e. The Kier molecular flexibility index (Phi) is 4.16. The minimum absolute atomic E-state index is 0.0912. The molecule has 1 aromatic carbocycles. The average molecular weight is 282 g/mol. The molecule has 0 spiro atoms. The molecule has 1 aromatic rings. The predicted molar refractivity (Wildman–Crippen MR) is 56.5 cm³/mol. The van der Waals surface area contributed by atoms with Crippen molar-refractivity contribution in [3.63, 3.8) is 0 Å². The summed E-state index contributed by atoms with van der Waals surface area (Å²) in [5.41, 5.74) is 5.85. The lowest BCUT2D eigenvalue weighted by atomic mass is 10.1. The van der Waals surface area contributed by atoms with Crippen molar-refractivity contribution in [3.8, 4) is 0 Å². The fourth-order valence-corrected chi connectivity index (χ4v) is 1.66. The molecule has 1 unspecified atom stereocenters. The summed E-state index contributed by atoms with van der Waals surface area (Å²) in [6.07, 6.45) is -4.07. The van der Waals surface area contributed by atoms with Crippen molar-refractivity contribution < 1.29 is 13.2 Å². The number of rotatable bonds is 3. The Labute approximate surface area is 94.6 Å². The number of hydrogen-bond donors (Lipinski definition) is 1. The highest BCUT2D eigenvalue weighted by molar-refractivity contribution is 9.10. The van der Waals surface area contributed by atoms with Gasteiger partial charge in [-0.1, -0.05) is 34.1 Å². The smallest absolute Gasteiger partial charge is 0.320 e. The Balaban J connectivity index is 2.55. The Hall–Kier alpha value is -0.550. The molecule has 0 aliphatic rings. The van der Waals surface area contributed by atoms with E-state index in [4.69, 9.17) is 5.73 Å². The molecule has 0 fully saturated rings. The van der Waals surface area contributed by atoms with Crippen LogP contribution >= 0.6 is 15.9 Å². The molecule has 0 heterocycles. The van der Waals surface area contributed by atoms with Gasteiger partial charge in [-0.05, 0) is 24.5 Å². The van der Waals surface area contributed by atoms with Gasteiger partial charge >= 0.3 is 6.18 Å². The van der Waals surface area contributed by atoms with Crippen LogP contribution in [0, 0.1) is 0 Å². The molecule has 5 heteroatoms. The second kappa shape index (κ2) is 4.99. The third-order valence-electron chi connectivity index (χ3n) is 2.10. The summed E-state index contributed by atoms with van der Waals surface area (Å²) >= 11 is 3.27. The lowest BCUT2D eigenvalue weighted by Crippen LogP contribution is -2.37. The summed E-state index contributed by atoms with van der Waals surface area (Å²) in [6, 6.07) is 5.45. The number of nitrogens with two attached hydrogens (primary N) is 1. The molecule has 1 atom stereocenters. The van der Waals surface area contributed by atoms with Crippen LogP contribution in [0.1, 0.15) is 12.0 Å². The van der Waals surface area contributed by atoms with Crippen LogP contribution < -0.4 is 5.73 Å². The highest BCUT2D eigenvalue weighted by Gasteiger charge is 2.36. The second-order valence-electron chi connectivity index (χ2n) is 3.28. The lowest BCUT2D eigenvalue weighted by molar-refractivity contribution is -0.148. The van der Waals surface area contributed by atoms with E-state index in [9.17, 15) is 13.2 Å². The van der Waals surface area contributed by atoms with Gasteiger partial charge in [-0.15, -0.1) is 0 Å². The van der Waals surface area contributed by atoms with Crippen LogP contribution in [0.2, 0.25) is 0 Å².